The van der Waals surface area contributed by atoms with Gasteiger partial charge >= 0.3 is 6.09 Å². The first-order valence-electron chi connectivity index (χ1n) is 10.6. The molecule has 3 N–H and O–H groups in total. The molecule has 0 radical (unpaired) electrons. The van der Waals surface area contributed by atoms with E-state index in [1.807, 2.05) is 0 Å². The van der Waals surface area contributed by atoms with Gasteiger partial charge in [0.2, 0.25) is 5.95 Å². The molecular weight excluding hydrogens is 433 g/mol. The third-order valence-corrected chi connectivity index (χ3v) is 5.97. The molecule has 0 spiro atoms. The summed E-state index contributed by atoms with van der Waals surface area (Å²) in [6.45, 7) is 1.70. The van der Waals surface area contributed by atoms with Crippen LogP contribution >= 0.6 is 0 Å². The summed E-state index contributed by atoms with van der Waals surface area (Å²) in [6.07, 6.45) is 3.79. The number of nitrogens with two attached hydrogens (primary N) is 1. The van der Waals surface area contributed by atoms with Crippen LogP contribution in [0.3, 0.4) is 0 Å². The molecule has 11 nitrogen and oxygen atoms in total. The van der Waals surface area contributed by atoms with Crippen LogP contribution in [0, 0.1) is 17.3 Å². The van der Waals surface area contributed by atoms with E-state index in [1.54, 1.807) is 9.58 Å². The van der Waals surface area contributed by atoms with E-state index in [4.69, 9.17) is 15.2 Å². The summed E-state index contributed by atoms with van der Waals surface area (Å²) >= 11 is 0. The first kappa shape index (κ1) is 22.5. The van der Waals surface area contributed by atoms with Crippen LogP contribution in [0.5, 0.6) is 0 Å². The Hall–Kier alpha value is -3.72. The van der Waals surface area contributed by atoms with Crippen molar-refractivity contribution < 1.29 is 23.5 Å². The molecule has 2 aliphatic rings. The minimum atomic E-state index is -0.740. The fraction of sp³-hybridized carbons (Fsp3) is 0.476. The molecule has 0 aromatic carbocycles. The molecule has 33 heavy (non-hydrogen) atoms. The second-order valence-corrected chi connectivity index (χ2v) is 8.11. The molecule has 2 aromatic heterocycles. The van der Waals surface area contributed by atoms with Crippen molar-refractivity contribution in [1.82, 2.24) is 19.7 Å². The maximum Gasteiger partial charge on any atom is 0.410 e. The van der Waals surface area contributed by atoms with Gasteiger partial charge in [-0.05, 0) is 18.9 Å². The molecule has 4 heterocycles. The van der Waals surface area contributed by atoms with Crippen LogP contribution in [0.4, 0.5) is 20.7 Å². The lowest BCUT2D eigenvalue weighted by Crippen LogP contribution is -2.49. The number of anilines is 2. The van der Waals surface area contributed by atoms with E-state index in [0.29, 0.717) is 51.3 Å². The first-order valence-corrected chi connectivity index (χ1v) is 10.6. The lowest BCUT2D eigenvalue weighted by atomic mass is 9.85. The average Bonchev–Trinajstić information content (AvgIpc) is 3.45. The minimum absolute atomic E-state index is 0.104. The van der Waals surface area contributed by atoms with Crippen LogP contribution in [-0.2, 0) is 15.0 Å². The maximum atomic E-state index is 13.5. The van der Waals surface area contributed by atoms with Crippen molar-refractivity contribution in [2.45, 2.75) is 37.3 Å². The number of nitrogens with zero attached hydrogens (tertiary/aromatic N) is 5. The zero-order chi connectivity index (χ0) is 23.4. The SMILES string of the molecule is N#CCC1(n2cc(C(N)=O)c(Nc3ccnc(F)c3)n2)CCN(C(=O)OC2CCOC2)CC1. The van der Waals surface area contributed by atoms with E-state index >= 15 is 0 Å². The average molecular weight is 457 g/mol. The molecule has 2 aromatic rings. The van der Waals surface area contributed by atoms with Gasteiger partial charge in [-0.1, -0.05) is 0 Å². The summed E-state index contributed by atoms with van der Waals surface area (Å²) in [4.78, 5) is 29.6. The lowest BCUT2D eigenvalue weighted by Gasteiger charge is -2.40. The summed E-state index contributed by atoms with van der Waals surface area (Å²) < 4.78 is 25.7. The third-order valence-electron chi connectivity index (χ3n) is 5.97. The first-order chi connectivity index (χ1) is 15.9. The van der Waals surface area contributed by atoms with Crippen molar-refractivity contribution in [1.29, 1.82) is 5.26 Å². The van der Waals surface area contributed by atoms with Gasteiger partial charge in [-0.25, -0.2) is 9.78 Å². The van der Waals surface area contributed by atoms with Crippen LogP contribution in [0.2, 0.25) is 0 Å². The van der Waals surface area contributed by atoms with Crippen molar-refractivity contribution >= 4 is 23.5 Å². The molecule has 174 valence electrons. The van der Waals surface area contributed by atoms with Crippen LogP contribution in [0.25, 0.3) is 0 Å². The van der Waals surface area contributed by atoms with Gasteiger partial charge in [0.1, 0.15) is 11.7 Å². The highest BCUT2D eigenvalue weighted by Crippen LogP contribution is 2.35. The van der Waals surface area contributed by atoms with Crippen molar-refractivity contribution in [2.24, 2.45) is 5.73 Å². The second kappa shape index (κ2) is 9.41. The van der Waals surface area contributed by atoms with Crippen molar-refractivity contribution in [2.75, 3.05) is 31.6 Å². The smallest absolute Gasteiger partial charge is 0.410 e. The second-order valence-electron chi connectivity index (χ2n) is 8.11. The predicted octanol–water partition coefficient (Wildman–Crippen LogP) is 1.89. The summed E-state index contributed by atoms with van der Waals surface area (Å²) in [5.74, 6) is -1.26. The molecule has 2 aliphatic heterocycles. The molecule has 1 atom stereocenters. The highest BCUT2D eigenvalue weighted by atomic mass is 19.1. The number of hydrogen-bond donors (Lipinski definition) is 2. The van der Waals surface area contributed by atoms with Crippen molar-refractivity contribution in [3.8, 4) is 6.07 Å². The number of pyridine rings is 1. The number of carbonyl (C=O) groups is 2. The molecular formula is C21H24FN7O4. The van der Waals surface area contributed by atoms with Gasteiger partial charge in [0.25, 0.3) is 5.91 Å². The molecule has 2 amide bonds. The van der Waals surface area contributed by atoms with Gasteiger partial charge in [-0.3, -0.25) is 9.48 Å². The van der Waals surface area contributed by atoms with Gasteiger partial charge in [0.15, 0.2) is 5.82 Å². The number of amides is 2. The highest BCUT2D eigenvalue weighted by molar-refractivity contribution is 5.98. The molecule has 0 bridgehead atoms. The predicted molar refractivity (Wildman–Crippen MR) is 113 cm³/mol. The summed E-state index contributed by atoms with van der Waals surface area (Å²) in [7, 11) is 0. The van der Waals surface area contributed by atoms with Gasteiger partial charge in [0.05, 0.1) is 31.2 Å². The third kappa shape index (κ3) is 4.88. The Kier molecular flexibility index (Phi) is 6.41. The number of halogens is 1. The topological polar surface area (TPSA) is 148 Å². The van der Waals surface area contributed by atoms with Gasteiger partial charge in [0, 0.05) is 43.7 Å². The quantitative estimate of drug-likeness (QED) is 0.625. The van der Waals surface area contributed by atoms with Crippen LogP contribution in [0.15, 0.2) is 24.5 Å². The van der Waals surface area contributed by atoms with E-state index < -0.39 is 23.5 Å². The van der Waals surface area contributed by atoms with E-state index in [9.17, 15) is 19.2 Å². The maximum absolute atomic E-state index is 13.5. The van der Waals surface area contributed by atoms with Crippen LogP contribution in [-0.4, -0.2) is 64.1 Å². The molecule has 0 saturated carbocycles. The molecule has 1 unspecified atom stereocenters. The lowest BCUT2D eigenvalue weighted by molar-refractivity contribution is 0.0350. The van der Waals surface area contributed by atoms with Crippen molar-refractivity contribution in [3.05, 3.63) is 36.0 Å². The number of primary amides is 1. The highest BCUT2D eigenvalue weighted by Gasteiger charge is 2.40. The summed E-state index contributed by atoms with van der Waals surface area (Å²) in [5, 5.41) is 16.9. The number of aromatic nitrogens is 3. The van der Waals surface area contributed by atoms with E-state index in [0.717, 1.165) is 6.07 Å². The number of rotatable bonds is 6. The Morgan fingerprint density at radius 3 is 2.85 bits per heavy atom. The largest absolute Gasteiger partial charge is 0.444 e. The number of nitrogens with one attached hydrogen (secondary N) is 1. The van der Waals surface area contributed by atoms with Gasteiger partial charge < -0.3 is 25.4 Å². The normalized spacial score (nSPS) is 19.6. The fourth-order valence-corrected chi connectivity index (χ4v) is 4.07. The fourth-order valence-electron chi connectivity index (χ4n) is 4.07. The monoisotopic (exact) mass is 457 g/mol. The van der Waals surface area contributed by atoms with E-state index in [2.05, 4.69) is 21.5 Å². The molecule has 4 rings (SSSR count). The Bertz CT molecular complexity index is 1070. The van der Waals surface area contributed by atoms with Crippen LogP contribution < -0.4 is 11.1 Å². The Morgan fingerprint density at radius 2 is 2.21 bits per heavy atom. The van der Waals surface area contributed by atoms with Crippen molar-refractivity contribution in [3.63, 3.8) is 0 Å². The zero-order valence-corrected chi connectivity index (χ0v) is 17.9. The Labute approximate surface area is 189 Å². The van der Waals surface area contributed by atoms with E-state index in [-0.39, 0.29) is 23.9 Å². The summed E-state index contributed by atoms with van der Waals surface area (Å²) in [6, 6.07) is 4.87. The number of nitriles is 1. The Morgan fingerprint density at radius 1 is 1.42 bits per heavy atom. The number of ether oxygens (including phenoxy) is 2. The minimum Gasteiger partial charge on any atom is -0.444 e. The number of piperidine rings is 1. The van der Waals surface area contributed by atoms with E-state index in [1.165, 1.54) is 18.5 Å². The molecule has 2 fully saturated rings. The molecule has 0 aliphatic carbocycles. The summed E-state index contributed by atoms with van der Waals surface area (Å²) in [5.41, 5.74) is 5.24. The standard InChI is InChI=1S/C21H24FN7O4/c22-17-11-14(1-7-25-17)26-19-16(18(24)30)12-29(27-19)21(3-6-23)4-8-28(9-5-21)20(31)33-15-2-10-32-13-15/h1,7,11-12,15H,2-5,8-10,13H2,(H2,24,30)(H,25,26,27). The van der Waals surface area contributed by atoms with Gasteiger partial charge in [-0.15, -0.1) is 0 Å². The number of hydrogen-bond acceptors (Lipinski definition) is 8. The zero-order valence-electron chi connectivity index (χ0n) is 17.9. The Balaban J connectivity index is 1.53. The van der Waals surface area contributed by atoms with Gasteiger partial charge in [-0.2, -0.15) is 14.8 Å². The molecule has 12 heteroatoms. The molecule has 2 saturated heterocycles. The van der Waals surface area contributed by atoms with Crippen LogP contribution in [0.1, 0.15) is 36.0 Å². The number of likely N-dealkylation sites (tertiary alicyclic amines) is 1. The number of carbonyl (C=O) groups excluding carboxylic acids is 2.